The third-order valence-corrected chi connectivity index (χ3v) is 5.06. The van der Waals surface area contributed by atoms with E-state index in [-0.39, 0.29) is 0 Å². The van der Waals surface area contributed by atoms with E-state index in [2.05, 4.69) is 43.1 Å². The lowest BCUT2D eigenvalue weighted by atomic mass is 10.0. The molecule has 0 aliphatic carbocycles. The van der Waals surface area contributed by atoms with Crippen LogP contribution in [0.4, 0.5) is 0 Å². The predicted octanol–water partition coefficient (Wildman–Crippen LogP) is 4.36. The van der Waals surface area contributed by atoms with E-state index < -0.39 is 0 Å². The number of nitrogens with one attached hydrogen (secondary N) is 1. The van der Waals surface area contributed by atoms with Crippen molar-refractivity contribution in [1.29, 1.82) is 0 Å². The molecule has 1 aliphatic heterocycles. The fourth-order valence-corrected chi connectivity index (χ4v) is 3.45. The van der Waals surface area contributed by atoms with Crippen molar-refractivity contribution in [3.05, 3.63) is 34.9 Å². The fraction of sp³-hybridized carbons (Fsp3) is 0.667. The molecule has 2 rings (SSSR count). The van der Waals surface area contributed by atoms with E-state index in [0.717, 1.165) is 42.8 Å². The number of rotatable bonds is 7. The van der Waals surface area contributed by atoms with Crippen molar-refractivity contribution in [2.75, 3.05) is 26.2 Å². The highest BCUT2D eigenvalue weighted by molar-refractivity contribution is 6.31. The van der Waals surface area contributed by atoms with E-state index in [9.17, 15) is 0 Å². The van der Waals surface area contributed by atoms with Crippen molar-refractivity contribution >= 4 is 11.6 Å². The van der Waals surface area contributed by atoms with Gasteiger partial charge in [0.1, 0.15) is 0 Å². The van der Waals surface area contributed by atoms with Crippen LogP contribution < -0.4 is 5.32 Å². The first kappa shape index (κ1) is 16.8. The zero-order valence-corrected chi connectivity index (χ0v) is 14.4. The molecule has 1 fully saturated rings. The minimum atomic E-state index is 0.366. The van der Waals surface area contributed by atoms with Crippen LogP contribution in [0.1, 0.15) is 45.2 Å². The summed E-state index contributed by atoms with van der Waals surface area (Å²) in [5.74, 6) is 1.65. The summed E-state index contributed by atoms with van der Waals surface area (Å²) in [7, 11) is 0. The Hall–Kier alpha value is -0.570. The molecule has 1 aromatic rings. The number of benzene rings is 1. The Kier molecular flexibility index (Phi) is 6.53. The van der Waals surface area contributed by atoms with Crippen molar-refractivity contribution in [2.45, 2.75) is 39.7 Å². The van der Waals surface area contributed by atoms with Crippen molar-refractivity contribution < 1.29 is 0 Å². The molecule has 3 heteroatoms. The maximum Gasteiger partial charge on any atom is 0.0453 e. The summed E-state index contributed by atoms with van der Waals surface area (Å²) in [6.07, 6.45) is 2.28. The molecule has 0 saturated carbocycles. The molecule has 2 nitrogen and oxygen atoms in total. The van der Waals surface area contributed by atoms with Gasteiger partial charge in [-0.1, -0.05) is 50.6 Å². The monoisotopic (exact) mass is 308 g/mol. The number of halogens is 1. The van der Waals surface area contributed by atoms with Gasteiger partial charge in [0, 0.05) is 24.2 Å². The van der Waals surface area contributed by atoms with Gasteiger partial charge in [-0.05, 0) is 49.4 Å². The Morgan fingerprint density at radius 1 is 1.24 bits per heavy atom. The van der Waals surface area contributed by atoms with Gasteiger partial charge in [0.15, 0.2) is 0 Å². The van der Waals surface area contributed by atoms with Gasteiger partial charge in [-0.3, -0.25) is 0 Å². The third-order valence-electron chi connectivity index (χ3n) is 4.72. The number of nitrogens with zero attached hydrogens (tertiary/aromatic N) is 1. The minimum Gasteiger partial charge on any atom is -0.310 e. The van der Waals surface area contributed by atoms with Crippen LogP contribution in [0, 0.1) is 11.8 Å². The maximum absolute atomic E-state index is 6.39. The molecule has 1 aromatic carbocycles. The van der Waals surface area contributed by atoms with Crippen molar-refractivity contribution in [1.82, 2.24) is 10.2 Å². The summed E-state index contributed by atoms with van der Waals surface area (Å²) in [4.78, 5) is 2.60. The molecule has 0 aromatic heterocycles. The van der Waals surface area contributed by atoms with Crippen LogP contribution in [0.3, 0.4) is 0 Å². The molecule has 1 heterocycles. The Bertz CT molecular complexity index is 425. The average molecular weight is 309 g/mol. The molecule has 1 N–H and O–H groups in total. The summed E-state index contributed by atoms with van der Waals surface area (Å²) in [5, 5.41) is 4.55. The van der Waals surface area contributed by atoms with Crippen LogP contribution in [0.2, 0.25) is 5.02 Å². The van der Waals surface area contributed by atoms with E-state index in [1.165, 1.54) is 18.7 Å². The second kappa shape index (κ2) is 8.17. The van der Waals surface area contributed by atoms with Crippen molar-refractivity contribution in [3.8, 4) is 0 Å². The normalized spacial score (nSPS) is 24.4. The Labute approximate surface area is 134 Å². The molecular formula is C18H29ClN2. The molecular weight excluding hydrogens is 280 g/mol. The van der Waals surface area contributed by atoms with Gasteiger partial charge in [0.05, 0.1) is 0 Å². The molecule has 0 spiro atoms. The summed E-state index contributed by atoms with van der Waals surface area (Å²) in [5.41, 5.74) is 1.24. The van der Waals surface area contributed by atoms with Gasteiger partial charge in [-0.15, -0.1) is 0 Å². The Morgan fingerprint density at radius 3 is 2.52 bits per heavy atom. The standard InChI is InChI=1S/C18H29ClN2/c1-4-10-20-18(16-7-5-6-8-17(16)19)9-11-21-12-14(2)15(3)13-21/h5-8,14-15,18,20H,4,9-13H2,1-3H3. The van der Waals surface area contributed by atoms with Gasteiger partial charge < -0.3 is 10.2 Å². The highest BCUT2D eigenvalue weighted by Gasteiger charge is 2.26. The highest BCUT2D eigenvalue weighted by atomic mass is 35.5. The highest BCUT2D eigenvalue weighted by Crippen LogP contribution is 2.27. The third kappa shape index (κ3) is 4.70. The first-order valence-corrected chi connectivity index (χ1v) is 8.69. The van der Waals surface area contributed by atoms with Gasteiger partial charge in [0.25, 0.3) is 0 Å². The fourth-order valence-electron chi connectivity index (χ4n) is 3.19. The molecule has 3 unspecified atom stereocenters. The molecule has 118 valence electrons. The second-order valence-electron chi connectivity index (χ2n) is 6.53. The Morgan fingerprint density at radius 2 is 1.90 bits per heavy atom. The molecule has 0 amide bonds. The molecule has 0 bridgehead atoms. The lowest BCUT2D eigenvalue weighted by Gasteiger charge is -2.23. The van der Waals surface area contributed by atoms with E-state index in [4.69, 9.17) is 11.6 Å². The largest absolute Gasteiger partial charge is 0.310 e. The first-order valence-electron chi connectivity index (χ1n) is 8.32. The van der Waals surface area contributed by atoms with Gasteiger partial charge in [-0.25, -0.2) is 0 Å². The van der Waals surface area contributed by atoms with Gasteiger partial charge in [-0.2, -0.15) is 0 Å². The zero-order valence-electron chi connectivity index (χ0n) is 13.6. The lowest BCUT2D eigenvalue weighted by Crippen LogP contribution is -2.29. The van der Waals surface area contributed by atoms with E-state index in [0.29, 0.717) is 6.04 Å². The van der Waals surface area contributed by atoms with E-state index in [1.54, 1.807) is 0 Å². The van der Waals surface area contributed by atoms with E-state index >= 15 is 0 Å². The summed E-state index contributed by atoms with van der Waals surface area (Å²) in [6, 6.07) is 8.61. The summed E-state index contributed by atoms with van der Waals surface area (Å²) in [6.45, 7) is 11.6. The smallest absolute Gasteiger partial charge is 0.0453 e. The Balaban J connectivity index is 1.95. The maximum atomic E-state index is 6.39. The molecule has 1 aliphatic rings. The van der Waals surface area contributed by atoms with Gasteiger partial charge >= 0.3 is 0 Å². The lowest BCUT2D eigenvalue weighted by molar-refractivity contribution is 0.298. The quantitative estimate of drug-likeness (QED) is 0.805. The number of hydrogen-bond acceptors (Lipinski definition) is 2. The van der Waals surface area contributed by atoms with Crippen molar-refractivity contribution in [2.24, 2.45) is 11.8 Å². The average Bonchev–Trinajstić information content (AvgIpc) is 2.79. The first-order chi connectivity index (χ1) is 10.1. The SMILES string of the molecule is CCCNC(CCN1CC(C)C(C)C1)c1ccccc1Cl. The number of likely N-dealkylation sites (tertiary alicyclic amines) is 1. The molecule has 3 atom stereocenters. The van der Waals surface area contributed by atoms with E-state index in [1.807, 2.05) is 12.1 Å². The summed E-state index contributed by atoms with van der Waals surface area (Å²) < 4.78 is 0. The number of hydrogen-bond donors (Lipinski definition) is 1. The molecule has 21 heavy (non-hydrogen) atoms. The zero-order chi connectivity index (χ0) is 15.2. The van der Waals surface area contributed by atoms with Crippen molar-refractivity contribution in [3.63, 3.8) is 0 Å². The van der Waals surface area contributed by atoms with Crippen LogP contribution in [0.5, 0.6) is 0 Å². The van der Waals surface area contributed by atoms with Crippen LogP contribution in [0.25, 0.3) is 0 Å². The second-order valence-corrected chi connectivity index (χ2v) is 6.94. The molecule has 0 radical (unpaired) electrons. The molecule has 1 saturated heterocycles. The van der Waals surface area contributed by atoms with Crippen LogP contribution in [-0.4, -0.2) is 31.1 Å². The predicted molar refractivity (Wildman–Crippen MR) is 91.9 cm³/mol. The topological polar surface area (TPSA) is 15.3 Å². The van der Waals surface area contributed by atoms with Crippen LogP contribution in [0.15, 0.2) is 24.3 Å². The van der Waals surface area contributed by atoms with Crippen LogP contribution >= 0.6 is 11.6 Å². The minimum absolute atomic E-state index is 0.366. The van der Waals surface area contributed by atoms with Gasteiger partial charge in [0.2, 0.25) is 0 Å². The summed E-state index contributed by atoms with van der Waals surface area (Å²) >= 11 is 6.39. The van der Waals surface area contributed by atoms with Crippen LogP contribution in [-0.2, 0) is 0 Å².